The molecular formula is C13H14ClNO2S2. The number of benzene rings is 1. The summed E-state index contributed by atoms with van der Waals surface area (Å²) < 4.78 is 10.8. The van der Waals surface area contributed by atoms with Crippen molar-refractivity contribution in [3.05, 3.63) is 47.1 Å². The lowest BCUT2D eigenvalue weighted by Gasteiger charge is -2.10. The zero-order valence-electron chi connectivity index (χ0n) is 10.2. The largest absolute Gasteiger partial charge is 0.492 e. The van der Waals surface area contributed by atoms with Crippen LogP contribution < -0.4 is 4.74 Å². The fourth-order valence-corrected chi connectivity index (χ4v) is 2.74. The van der Waals surface area contributed by atoms with Crippen LogP contribution in [0.4, 0.5) is 0 Å². The minimum absolute atomic E-state index is 0.0351. The van der Waals surface area contributed by atoms with E-state index in [-0.39, 0.29) is 5.38 Å². The van der Waals surface area contributed by atoms with E-state index >= 15 is 0 Å². The van der Waals surface area contributed by atoms with Gasteiger partial charge in [0, 0.05) is 11.9 Å². The molecule has 0 aliphatic heterocycles. The summed E-state index contributed by atoms with van der Waals surface area (Å²) >= 11 is 12.7. The summed E-state index contributed by atoms with van der Waals surface area (Å²) in [5, 5.41) is -0.0351. The highest BCUT2D eigenvalue weighted by molar-refractivity contribution is 7.98. The maximum Gasteiger partial charge on any atom is 0.266 e. The number of hydrogen-bond acceptors (Lipinski definition) is 4. The molecule has 0 amide bonds. The number of hydrogen-bond donors (Lipinski definition) is 1. The molecule has 3 nitrogen and oxygen atoms in total. The minimum atomic E-state index is -0.0351. The Balaban J connectivity index is 1.64. The van der Waals surface area contributed by atoms with Crippen LogP contribution in [0.25, 0.3) is 0 Å². The first-order valence-corrected chi connectivity index (χ1v) is 7.81. The van der Waals surface area contributed by atoms with Gasteiger partial charge in [0.15, 0.2) is 0 Å². The summed E-state index contributed by atoms with van der Waals surface area (Å²) in [7, 11) is 0. The molecule has 19 heavy (non-hydrogen) atoms. The summed E-state index contributed by atoms with van der Waals surface area (Å²) in [6, 6.07) is 9.66. The van der Waals surface area contributed by atoms with Gasteiger partial charge in [-0.05, 0) is 24.4 Å². The second kappa shape index (κ2) is 7.62. The van der Waals surface area contributed by atoms with Gasteiger partial charge in [0.05, 0.1) is 11.1 Å². The standard InChI is InChI=1S/C13H14ClNO2S2/c14-10(7-16-11-4-2-1-3-5-11)8-19-9-12-6-15-13(18)17-12/h1-6,10H,7-9H2,(H,15,18). The third kappa shape index (κ3) is 5.30. The predicted octanol–water partition coefficient (Wildman–Crippen LogP) is 4.26. The topological polar surface area (TPSA) is 38.2 Å². The molecule has 0 radical (unpaired) electrons. The van der Waals surface area contributed by atoms with Crippen LogP contribution in [0.15, 0.2) is 40.9 Å². The molecule has 1 aromatic carbocycles. The van der Waals surface area contributed by atoms with Crippen molar-refractivity contribution >= 4 is 35.6 Å². The van der Waals surface area contributed by atoms with Gasteiger partial charge in [-0.15, -0.1) is 11.6 Å². The van der Waals surface area contributed by atoms with Gasteiger partial charge in [0.1, 0.15) is 18.1 Å². The van der Waals surface area contributed by atoms with E-state index in [0.717, 1.165) is 23.0 Å². The first-order valence-electron chi connectivity index (χ1n) is 5.81. The Morgan fingerprint density at radius 1 is 1.37 bits per heavy atom. The number of para-hydroxylation sites is 1. The summed E-state index contributed by atoms with van der Waals surface area (Å²) in [6.07, 6.45) is 1.78. The number of ether oxygens (including phenoxy) is 1. The van der Waals surface area contributed by atoms with E-state index in [1.165, 1.54) is 0 Å². The molecule has 2 aromatic rings. The maximum atomic E-state index is 6.20. The average molecular weight is 316 g/mol. The number of nitrogens with one attached hydrogen (secondary N) is 1. The molecule has 1 N–H and O–H groups in total. The normalized spacial score (nSPS) is 12.3. The first kappa shape index (κ1) is 14.5. The lowest BCUT2D eigenvalue weighted by atomic mass is 10.3. The van der Waals surface area contributed by atoms with Crippen molar-refractivity contribution in [2.75, 3.05) is 12.4 Å². The summed E-state index contributed by atoms with van der Waals surface area (Å²) in [4.78, 5) is 3.24. The summed E-state index contributed by atoms with van der Waals surface area (Å²) in [5.74, 6) is 3.22. The fourth-order valence-electron chi connectivity index (χ4n) is 1.43. The average Bonchev–Trinajstić information content (AvgIpc) is 2.83. The molecule has 0 saturated carbocycles. The number of H-pyrrole nitrogens is 1. The molecule has 2 rings (SSSR count). The molecule has 0 saturated heterocycles. The van der Waals surface area contributed by atoms with E-state index in [1.807, 2.05) is 30.3 Å². The van der Waals surface area contributed by atoms with Crippen LogP contribution >= 0.6 is 35.6 Å². The second-order valence-electron chi connectivity index (χ2n) is 3.88. The zero-order chi connectivity index (χ0) is 13.5. The first-order chi connectivity index (χ1) is 9.24. The number of rotatable bonds is 7. The predicted molar refractivity (Wildman–Crippen MR) is 81.6 cm³/mol. The number of halogens is 1. The molecule has 1 aromatic heterocycles. The van der Waals surface area contributed by atoms with Gasteiger partial charge in [-0.2, -0.15) is 11.8 Å². The van der Waals surface area contributed by atoms with Gasteiger partial charge in [-0.25, -0.2) is 0 Å². The number of oxazole rings is 1. The van der Waals surface area contributed by atoms with Crippen LogP contribution in [-0.2, 0) is 5.75 Å². The Kier molecular flexibility index (Phi) is 5.82. The van der Waals surface area contributed by atoms with Crippen molar-refractivity contribution < 1.29 is 9.15 Å². The van der Waals surface area contributed by atoms with Crippen molar-refractivity contribution in [2.24, 2.45) is 0 Å². The highest BCUT2D eigenvalue weighted by Gasteiger charge is 2.07. The van der Waals surface area contributed by atoms with Crippen LogP contribution in [0.3, 0.4) is 0 Å². The highest BCUT2D eigenvalue weighted by atomic mass is 35.5. The van der Waals surface area contributed by atoms with E-state index in [4.69, 9.17) is 33.0 Å². The SMILES string of the molecule is S=c1[nH]cc(CSCC(Cl)COc2ccccc2)o1. The zero-order valence-corrected chi connectivity index (χ0v) is 12.6. The van der Waals surface area contributed by atoms with Crippen LogP contribution in [0.1, 0.15) is 5.76 Å². The Hall–Kier alpha value is -0.910. The molecule has 1 atom stereocenters. The molecule has 0 aliphatic carbocycles. The maximum absolute atomic E-state index is 6.20. The molecular weight excluding hydrogens is 302 g/mol. The van der Waals surface area contributed by atoms with Crippen molar-refractivity contribution in [3.8, 4) is 5.75 Å². The van der Waals surface area contributed by atoms with Gasteiger partial charge in [0.2, 0.25) is 0 Å². The third-order valence-electron chi connectivity index (χ3n) is 2.29. The summed E-state index contributed by atoms with van der Waals surface area (Å²) in [5.41, 5.74) is 0. The molecule has 1 heterocycles. The van der Waals surface area contributed by atoms with E-state index < -0.39 is 0 Å². The van der Waals surface area contributed by atoms with Crippen molar-refractivity contribution in [1.29, 1.82) is 0 Å². The van der Waals surface area contributed by atoms with Crippen LogP contribution in [0.2, 0.25) is 0 Å². The molecule has 6 heteroatoms. The van der Waals surface area contributed by atoms with Gasteiger partial charge < -0.3 is 14.1 Å². The number of alkyl halides is 1. The molecule has 0 spiro atoms. The van der Waals surface area contributed by atoms with Gasteiger partial charge >= 0.3 is 0 Å². The van der Waals surface area contributed by atoms with Crippen molar-refractivity contribution in [1.82, 2.24) is 4.98 Å². The van der Waals surface area contributed by atoms with Gasteiger partial charge in [0.25, 0.3) is 4.84 Å². The third-order valence-corrected chi connectivity index (χ3v) is 4.08. The van der Waals surface area contributed by atoms with E-state index in [0.29, 0.717) is 11.4 Å². The Bertz CT molecular complexity index is 541. The summed E-state index contributed by atoms with van der Waals surface area (Å²) in [6.45, 7) is 0.495. The lowest BCUT2D eigenvalue weighted by Crippen LogP contribution is -2.14. The van der Waals surface area contributed by atoms with E-state index in [2.05, 4.69) is 4.98 Å². The quantitative estimate of drug-likeness (QED) is 0.612. The fraction of sp³-hybridized carbons (Fsp3) is 0.308. The number of thioether (sulfide) groups is 1. The Morgan fingerprint density at radius 3 is 2.84 bits per heavy atom. The van der Waals surface area contributed by atoms with E-state index in [9.17, 15) is 0 Å². The van der Waals surface area contributed by atoms with Crippen molar-refractivity contribution in [2.45, 2.75) is 11.1 Å². The van der Waals surface area contributed by atoms with Gasteiger partial charge in [-0.3, -0.25) is 0 Å². The van der Waals surface area contributed by atoms with Crippen LogP contribution in [0, 0.1) is 4.84 Å². The number of aromatic nitrogens is 1. The smallest absolute Gasteiger partial charge is 0.266 e. The van der Waals surface area contributed by atoms with E-state index in [1.54, 1.807) is 18.0 Å². The molecule has 0 aliphatic rings. The molecule has 1 unspecified atom stereocenters. The van der Waals surface area contributed by atoms with Crippen LogP contribution in [0.5, 0.6) is 5.75 Å². The molecule has 0 fully saturated rings. The minimum Gasteiger partial charge on any atom is -0.492 e. The van der Waals surface area contributed by atoms with Gasteiger partial charge in [-0.1, -0.05) is 18.2 Å². The van der Waals surface area contributed by atoms with Crippen LogP contribution in [-0.4, -0.2) is 22.7 Å². The molecule has 102 valence electrons. The monoisotopic (exact) mass is 315 g/mol. The number of aromatic amines is 1. The lowest BCUT2D eigenvalue weighted by molar-refractivity contribution is 0.321. The Morgan fingerprint density at radius 2 is 2.16 bits per heavy atom. The highest BCUT2D eigenvalue weighted by Crippen LogP contribution is 2.16. The Labute approximate surface area is 126 Å². The van der Waals surface area contributed by atoms with Crippen molar-refractivity contribution in [3.63, 3.8) is 0 Å². The molecule has 0 bridgehead atoms. The second-order valence-corrected chi connectivity index (χ2v) is 5.90.